The quantitative estimate of drug-likeness (QED) is 0.484. The monoisotopic (exact) mass is 247 g/mol. The van der Waals surface area contributed by atoms with Crippen LogP contribution in [0.5, 0.6) is 0 Å². The number of rotatable bonds is 4. The summed E-state index contributed by atoms with van der Waals surface area (Å²) in [7, 11) is 0. The highest BCUT2D eigenvalue weighted by molar-refractivity contribution is 6.15. The van der Waals surface area contributed by atoms with E-state index in [-0.39, 0.29) is 5.78 Å². The summed E-state index contributed by atoms with van der Waals surface area (Å²) in [5, 5.41) is 3.81. The maximum absolute atomic E-state index is 12.3. The van der Waals surface area contributed by atoms with Crippen LogP contribution in [0.3, 0.4) is 0 Å². The molecule has 5 nitrogen and oxygen atoms in total. The standard InChI is InChI=1S/C13H17N3O2/c1-9(15-16-12(14)18)13(2,3)11(17)10-7-5-4-6-8-10/h4-8H,1-3H3,(H3,14,16,18)/b15-9+. The number of urea groups is 1. The number of nitrogens with one attached hydrogen (secondary N) is 1. The second kappa shape index (κ2) is 5.44. The summed E-state index contributed by atoms with van der Waals surface area (Å²) in [5.41, 5.74) is 7.36. The molecule has 2 amide bonds. The van der Waals surface area contributed by atoms with Gasteiger partial charge in [0.25, 0.3) is 0 Å². The average molecular weight is 247 g/mol. The lowest BCUT2D eigenvalue weighted by Crippen LogP contribution is -2.35. The van der Waals surface area contributed by atoms with E-state index in [2.05, 4.69) is 10.5 Å². The highest BCUT2D eigenvalue weighted by atomic mass is 16.2. The lowest BCUT2D eigenvalue weighted by molar-refractivity contribution is 0.0900. The summed E-state index contributed by atoms with van der Waals surface area (Å²) >= 11 is 0. The Bertz CT molecular complexity index is 478. The van der Waals surface area contributed by atoms with Crippen LogP contribution in [0.1, 0.15) is 31.1 Å². The van der Waals surface area contributed by atoms with Gasteiger partial charge in [0.2, 0.25) is 0 Å². The van der Waals surface area contributed by atoms with E-state index in [1.807, 2.05) is 6.07 Å². The van der Waals surface area contributed by atoms with Crippen molar-refractivity contribution < 1.29 is 9.59 Å². The summed E-state index contributed by atoms with van der Waals surface area (Å²) < 4.78 is 0. The van der Waals surface area contributed by atoms with Crippen molar-refractivity contribution in [2.45, 2.75) is 20.8 Å². The van der Waals surface area contributed by atoms with Crippen LogP contribution in [0.15, 0.2) is 35.4 Å². The average Bonchev–Trinajstić information content (AvgIpc) is 2.35. The van der Waals surface area contributed by atoms with Gasteiger partial charge in [0.1, 0.15) is 0 Å². The third kappa shape index (κ3) is 3.16. The minimum atomic E-state index is -0.802. The van der Waals surface area contributed by atoms with Crippen LogP contribution < -0.4 is 11.2 Å². The van der Waals surface area contributed by atoms with Crippen molar-refractivity contribution in [2.75, 3.05) is 0 Å². The third-order valence-corrected chi connectivity index (χ3v) is 2.84. The molecule has 18 heavy (non-hydrogen) atoms. The number of carbonyl (C=O) groups is 2. The smallest absolute Gasteiger partial charge is 0.332 e. The maximum Gasteiger partial charge on any atom is 0.332 e. The number of amides is 2. The van der Waals surface area contributed by atoms with E-state index in [1.54, 1.807) is 45.0 Å². The van der Waals surface area contributed by atoms with Crippen molar-refractivity contribution >= 4 is 17.5 Å². The maximum atomic E-state index is 12.3. The Morgan fingerprint density at radius 1 is 1.22 bits per heavy atom. The lowest BCUT2D eigenvalue weighted by atomic mass is 9.80. The molecule has 96 valence electrons. The molecule has 1 rings (SSSR count). The first-order chi connectivity index (χ1) is 8.35. The van der Waals surface area contributed by atoms with Gasteiger partial charge in [0, 0.05) is 11.3 Å². The van der Waals surface area contributed by atoms with Crippen molar-refractivity contribution in [1.29, 1.82) is 0 Å². The summed E-state index contributed by atoms with van der Waals surface area (Å²) in [6.45, 7) is 5.18. The lowest BCUT2D eigenvalue weighted by Gasteiger charge is -2.22. The molecule has 0 saturated carbocycles. The Balaban J connectivity index is 2.96. The van der Waals surface area contributed by atoms with Crippen LogP contribution in [0.2, 0.25) is 0 Å². The van der Waals surface area contributed by atoms with E-state index in [0.717, 1.165) is 0 Å². The fraction of sp³-hybridized carbons (Fsp3) is 0.308. The van der Waals surface area contributed by atoms with E-state index in [0.29, 0.717) is 11.3 Å². The van der Waals surface area contributed by atoms with Gasteiger partial charge in [0.05, 0.1) is 5.41 Å². The van der Waals surface area contributed by atoms with Crippen LogP contribution in [0, 0.1) is 5.41 Å². The van der Waals surface area contributed by atoms with Crippen LogP contribution in [0.4, 0.5) is 4.79 Å². The Kier molecular flexibility index (Phi) is 4.20. The highest BCUT2D eigenvalue weighted by Crippen LogP contribution is 2.23. The summed E-state index contributed by atoms with van der Waals surface area (Å²) in [4.78, 5) is 22.9. The fourth-order valence-electron chi connectivity index (χ4n) is 1.39. The van der Waals surface area contributed by atoms with Gasteiger partial charge in [-0.15, -0.1) is 0 Å². The molecule has 5 heteroatoms. The molecule has 0 atom stereocenters. The van der Waals surface area contributed by atoms with E-state index < -0.39 is 11.4 Å². The topological polar surface area (TPSA) is 84.5 Å². The van der Waals surface area contributed by atoms with Crippen molar-refractivity contribution in [3.8, 4) is 0 Å². The molecule has 0 aliphatic carbocycles. The van der Waals surface area contributed by atoms with E-state index in [9.17, 15) is 9.59 Å². The zero-order valence-corrected chi connectivity index (χ0v) is 10.7. The zero-order valence-electron chi connectivity index (χ0n) is 10.7. The van der Waals surface area contributed by atoms with Gasteiger partial charge in [-0.1, -0.05) is 30.3 Å². The van der Waals surface area contributed by atoms with Crippen molar-refractivity contribution in [3.05, 3.63) is 35.9 Å². The first kappa shape index (κ1) is 13.9. The zero-order chi connectivity index (χ0) is 13.8. The number of nitrogens with zero attached hydrogens (tertiary/aromatic N) is 1. The molecule has 0 fully saturated rings. The largest absolute Gasteiger partial charge is 0.350 e. The Morgan fingerprint density at radius 2 is 1.78 bits per heavy atom. The third-order valence-electron chi connectivity index (χ3n) is 2.84. The Hall–Kier alpha value is -2.17. The van der Waals surface area contributed by atoms with Crippen molar-refractivity contribution in [2.24, 2.45) is 16.3 Å². The predicted molar refractivity (Wildman–Crippen MR) is 70.4 cm³/mol. The number of primary amides is 1. The number of carbonyl (C=O) groups excluding carboxylic acids is 2. The summed E-state index contributed by atoms with van der Waals surface area (Å²) in [5.74, 6) is -0.0596. The van der Waals surface area contributed by atoms with Gasteiger partial charge in [0.15, 0.2) is 5.78 Å². The number of benzene rings is 1. The first-order valence-corrected chi connectivity index (χ1v) is 5.55. The first-order valence-electron chi connectivity index (χ1n) is 5.55. The number of hydrazone groups is 1. The van der Waals surface area contributed by atoms with Crippen LogP contribution in [-0.2, 0) is 0 Å². The van der Waals surface area contributed by atoms with Gasteiger partial charge >= 0.3 is 6.03 Å². The molecule has 0 radical (unpaired) electrons. The highest BCUT2D eigenvalue weighted by Gasteiger charge is 2.31. The predicted octanol–water partition coefficient (Wildman–Crippen LogP) is 1.94. The van der Waals surface area contributed by atoms with Crippen LogP contribution in [0.25, 0.3) is 0 Å². The van der Waals surface area contributed by atoms with E-state index in [4.69, 9.17) is 5.73 Å². The van der Waals surface area contributed by atoms with Crippen LogP contribution in [-0.4, -0.2) is 17.5 Å². The Morgan fingerprint density at radius 3 is 2.28 bits per heavy atom. The number of hydrogen-bond acceptors (Lipinski definition) is 3. The molecule has 0 unspecified atom stereocenters. The molecule has 0 bridgehead atoms. The molecule has 0 saturated heterocycles. The molecule has 0 heterocycles. The van der Waals surface area contributed by atoms with Gasteiger partial charge < -0.3 is 5.73 Å². The fourth-order valence-corrected chi connectivity index (χ4v) is 1.39. The van der Waals surface area contributed by atoms with Gasteiger partial charge in [-0.3, -0.25) is 4.79 Å². The molecular formula is C13H17N3O2. The molecule has 1 aromatic carbocycles. The summed E-state index contributed by atoms with van der Waals surface area (Å²) in [6.07, 6.45) is 0. The number of nitrogens with two attached hydrogens (primary N) is 1. The minimum absolute atomic E-state index is 0.0596. The number of hydrogen-bond donors (Lipinski definition) is 2. The van der Waals surface area contributed by atoms with Crippen LogP contribution >= 0.6 is 0 Å². The number of ketones is 1. The van der Waals surface area contributed by atoms with Gasteiger partial charge in [-0.05, 0) is 20.8 Å². The molecule has 0 aliphatic heterocycles. The molecule has 0 aromatic heterocycles. The second-order valence-corrected chi connectivity index (χ2v) is 4.49. The number of Topliss-reactive ketones (excluding diaryl/α,β-unsaturated/α-hetero) is 1. The molecule has 1 aromatic rings. The SMILES string of the molecule is C/C(=N\NC(N)=O)C(C)(C)C(=O)c1ccccc1. The van der Waals surface area contributed by atoms with Gasteiger partial charge in [-0.2, -0.15) is 5.10 Å². The second-order valence-electron chi connectivity index (χ2n) is 4.49. The van der Waals surface area contributed by atoms with Gasteiger partial charge in [-0.25, -0.2) is 10.2 Å². The van der Waals surface area contributed by atoms with Crippen molar-refractivity contribution in [1.82, 2.24) is 5.43 Å². The molecule has 3 N–H and O–H groups in total. The van der Waals surface area contributed by atoms with E-state index >= 15 is 0 Å². The summed E-state index contributed by atoms with van der Waals surface area (Å²) in [6, 6.07) is 8.20. The van der Waals surface area contributed by atoms with Crippen molar-refractivity contribution in [3.63, 3.8) is 0 Å². The Labute approximate surface area is 106 Å². The normalized spacial score (nSPS) is 12.1. The molecular weight excluding hydrogens is 230 g/mol. The molecule has 0 spiro atoms. The minimum Gasteiger partial charge on any atom is -0.350 e. The van der Waals surface area contributed by atoms with E-state index in [1.165, 1.54) is 0 Å². The molecule has 0 aliphatic rings.